The summed E-state index contributed by atoms with van der Waals surface area (Å²) in [7, 11) is 3.30. The number of imide groups is 1. The summed E-state index contributed by atoms with van der Waals surface area (Å²) < 4.78 is 19.8. The van der Waals surface area contributed by atoms with Gasteiger partial charge in [0.15, 0.2) is 11.6 Å². The lowest BCUT2D eigenvalue weighted by atomic mass is 9.72. The van der Waals surface area contributed by atoms with Gasteiger partial charge in [-0.1, -0.05) is 30.0 Å². The summed E-state index contributed by atoms with van der Waals surface area (Å²) in [5.74, 6) is 3.20. The molecule has 5 amide bonds. The smallest absolute Gasteiger partial charge is 0.323 e. The Bertz CT molecular complexity index is 1440. The van der Waals surface area contributed by atoms with E-state index >= 15 is 0 Å². The summed E-state index contributed by atoms with van der Waals surface area (Å²) >= 11 is 0. The van der Waals surface area contributed by atoms with Crippen LogP contribution in [0.4, 0.5) is 9.18 Å². The number of ether oxygens (including phenoxy) is 1. The molecule has 3 aliphatic rings. The molecule has 5 rings (SSSR count). The van der Waals surface area contributed by atoms with E-state index in [2.05, 4.69) is 27.4 Å². The molecule has 2 aromatic rings. The van der Waals surface area contributed by atoms with Crippen LogP contribution in [0.25, 0.3) is 0 Å². The van der Waals surface area contributed by atoms with E-state index in [1.165, 1.54) is 18.1 Å². The number of hydrogen-bond donors (Lipinski definition) is 3. The molecule has 0 bridgehead atoms. The van der Waals surface area contributed by atoms with Crippen LogP contribution in [0, 0.1) is 17.7 Å². The first-order chi connectivity index (χ1) is 18.6. The third-order valence-corrected chi connectivity index (χ3v) is 7.81. The largest absolute Gasteiger partial charge is 0.494 e. The van der Waals surface area contributed by atoms with Crippen molar-refractivity contribution in [3.8, 4) is 17.6 Å². The van der Waals surface area contributed by atoms with Crippen LogP contribution in [-0.4, -0.2) is 72.9 Å². The Kier molecular flexibility index (Phi) is 6.52. The molecule has 3 aliphatic heterocycles. The summed E-state index contributed by atoms with van der Waals surface area (Å²) in [4.78, 5) is 53.9. The van der Waals surface area contributed by atoms with Crippen molar-refractivity contribution in [3.63, 3.8) is 0 Å². The van der Waals surface area contributed by atoms with Crippen molar-refractivity contribution in [3.05, 3.63) is 64.5 Å². The van der Waals surface area contributed by atoms with Crippen LogP contribution in [0.1, 0.15) is 39.9 Å². The average Bonchev–Trinajstić information content (AvgIpc) is 3.38. The van der Waals surface area contributed by atoms with Gasteiger partial charge >= 0.3 is 6.03 Å². The summed E-state index contributed by atoms with van der Waals surface area (Å²) in [5.41, 5.74) is 4.96. The number of halogens is 1. The second kappa shape index (κ2) is 9.71. The molecule has 10 nitrogen and oxygen atoms in total. The number of fused-ring (bicyclic) bond motifs is 1. The number of likely N-dealkylation sites (tertiary alicyclic amines) is 1. The van der Waals surface area contributed by atoms with Crippen LogP contribution >= 0.6 is 0 Å². The molecule has 0 aliphatic carbocycles. The van der Waals surface area contributed by atoms with Crippen molar-refractivity contribution in [2.45, 2.75) is 30.3 Å². The number of methoxy groups -OCH3 is 1. The van der Waals surface area contributed by atoms with Gasteiger partial charge in [-0.3, -0.25) is 19.7 Å². The van der Waals surface area contributed by atoms with Gasteiger partial charge in [0.2, 0.25) is 11.4 Å². The predicted molar refractivity (Wildman–Crippen MR) is 138 cm³/mol. The van der Waals surface area contributed by atoms with Crippen LogP contribution in [-0.2, 0) is 21.5 Å². The lowest BCUT2D eigenvalue weighted by Gasteiger charge is -2.38. The highest BCUT2D eigenvalue weighted by Crippen LogP contribution is 2.35. The molecule has 0 saturated carbocycles. The number of urea groups is 1. The second-order valence-electron chi connectivity index (χ2n) is 10.2. The number of nitrogens with zero attached hydrogens (tertiary/aromatic N) is 2. The number of rotatable bonds is 5. The maximum absolute atomic E-state index is 14.8. The molecule has 0 radical (unpaired) electrons. The Labute approximate surface area is 224 Å². The molecule has 11 heteroatoms. The average molecular weight is 534 g/mol. The fourth-order valence-electron chi connectivity index (χ4n) is 5.43. The standard InChI is InChI=1S/C28H28FN5O5/c1-33-13-11-27(12-14-33,24(30)36)19-6-3-17(4-7-19)9-10-28(25(37)31-26(38)32-28)16-34-15-18-5-8-20(39-2)22(29)21(18)23(34)35/h3-8H,11-16H2,1-2H3,(H2,30,36)(H2,31,32,37,38)/t28-/m1/s1. The highest BCUT2D eigenvalue weighted by atomic mass is 19.1. The summed E-state index contributed by atoms with van der Waals surface area (Å²) in [5, 5.41) is 4.71. The molecule has 1 atom stereocenters. The second-order valence-corrected chi connectivity index (χ2v) is 10.2. The van der Waals surface area contributed by atoms with E-state index in [1.807, 2.05) is 7.05 Å². The molecule has 4 N–H and O–H groups in total. The fourth-order valence-corrected chi connectivity index (χ4v) is 5.43. The minimum Gasteiger partial charge on any atom is -0.494 e. The fraction of sp³-hybridized carbons (Fsp3) is 0.357. The Balaban J connectivity index is 1.41. The molecular formula is C28H28FN5O5. The third kappa shape index (κ3) is 4.46. The van der Waals surface area contributed by atoms with Gasteiger partial charge in [-0.15, -0.1) is 0 Å². The molecule has 0 unspecified atom stereocenters. The first-order valence-corrected chi connectivity index (χ1v) is 12.5. The van der Waals surface area contributed by atoms with Crippen molar-refractivity contribution in [1.29, 1.82) is 0 Å². The zero-order valence-corrected chi connectivity index (χ0v) is 21.6. The number of benzene rings is 2. The Morgan fingerprint density at radius 1 is 1.13 bits per heavy atom. The zero-order chi connectivity index (χ0) is 27.9. The van der Waals surface area contributed by atoms with Crippen molar-refractivity contribution < 1.29 is 28.3 Å². The minimum absolute atomic E-state index is 0.0424. The number of primary amides is 1. The van der Waals surface area contributed by atoms with Crippen molar-refractivity contribution in [1.82, 2.24) is 20.4 Å². The van der Waals surface area contributed by atoms with Gasteiger partial charge in [0.1, 0.15) is 0 Å². The minimum atomic E-state index is -1.74. The van der Waals surface area contributed by atoms with E-state index in [0.29, 0.717) is 24.0 Å². The van der Waals surface area contributed by atoms with Crippen LogP contribution in [0.3, 0.4) is 0 Å². The Morgan fingerprint density at radius 3 is 2.41 bits per heavy atom. The van der Waals surface area contributed by atoms with Crippen molar-refractivity contribution in [2.75, 3.05) is 33.8 Å². The van der Waals surface area contributed by atoms with Crippen LogP contribution in [0.2, 0.25) is 0 Å². The first-order valence-electron chi connectivity index (χ1n) is 12.5. The van der Waals surface area contributed by atoms with Gasteiger partial charge in [-0.25, -0.2) is 9.18 Å². The van der Waals surface area contributed by atoms with E-state index in [0.717, 1.165) is 18.7 Å². The number of carbonyl (C=O) groups excluding carboxylic acids is 4. The maximum Gasteiger partial charge on any atom is 0.323 e. The highest BCUT2D eigenvalue weighted by molar-refractivity contribution is 6.10. The molecule has 0 spiro atoms. The topological polar surface area (TPSA) is 134 Å². The molecule has 202 valence electrons. The lowest BCUT2D eigenvalue weighted by molar-refractivity contribution is -0.125. The van der Waals surface area contributed by atoms with Crippen LogP contribution in [0.15, 0.2) is 36.4 Å². The molecule has 3 heterocycles. The number of nitrogens with two attached hydrogens (primary N) is 1. The predicted octanol–water partition coefficient (Wildman–Crippen LogP) is 0.869. The van der Waals surface area contributed by atoms with Crippen molar-refractivity contribution >= 4 is 23.8 Å². The molecule has 2 aromatic carbocycles. The van der Waals surface area contributed by atoms with Gasteiger partial charge < -0.3 is 25.6 Å². The number of amides is 5. The van der Waals surface area contributed by atoms with Gasteiger partial charge in [0.05, 0.1) is 24.6 Å². The summed E-state index contributed by atoms with van der Waals surface area (Å²) in [6, 6.07) is 9.34. The maximum atomic E-state index is 14.8. The summed E-state index contributed by atoms with van der Waals surface area (Å²) in [6.07, 6.45) is 1.22. The molecular weight excluding hydrogens is 505 g/mol. The normalized spacial score (nSPS) is 22.0. The van der Waals surface area contributed by atoms with E-state index in [9.17, 15) is 23.6 Å². The monoisotopic (exact) mass is 533 g/mol. The van der Waals surface area contributed by atoms with Crippen LogP contribution in [0.5, 0.6) is 5.75 Å². The number of carbonyl (C=O) groups is 4. The number of piperidine rings is 1. The van der Waals surface area contributed by atoms with Crippen LogP contribution < -0.4 is 21.1 Å². The molecule has 2 saturated heterocycles. The molecule has 39 heavy (non-hydrogen) atoms. The Morgan fingerprint density at radius 2 is 1.82 bits per heavy atom. The molecule has 2 fully saturated rings. The highest BCUT2D eigenvalue weighted by Gasteiger charge is 2.49. The number of hydrogen-bond acceptors (Lipinski definition) is 6. The van der Waals surface area contributed by atoms with Gasteiger partial charge in [0, 0.05) is 12.1 Å². The lowest BCUT2D eigenvalue weighted by Crippen LogP contribution is -2.54. The van der Waals surface area contributed by atoms with Gasteiger partial charge in [-0.2, -0.15) is 0 Å². The number of nitrogens with one attached hydrogen (secondary N) is 2. The third-order valence-electron chi connectivity index (χ3n) is 7.81. The van der Waals surface area contributed by atoms with Crippen molar-refractivity contribution in [2.24, 2.45) is 5.73 Å². The zero-order valence-electron chi connectivity index (χ0n) is 21.6. The SMILES string of the molecule is COc1ccc2c(c1F)C(=O)N(C[C@@]1(C#Cc3ccc(C4(C(N)=O)CCN(C)CC4)cc3)NC(=O)NC1=O)C2. The molecule has 0 aromatic heterocycles. The van der Waals surface area contributed by atoms with E-state index in [-0.39, 0.29) is 30.3 Å². The Hall–Kier alpha value is -4.43. The van der Waals surface area contributed by atoms with E-state index in [1.54, 1.807) is 30.3 Å². The van der Waals surface area contributed by atoms with Gasteiger partial charge in [-0.05, 0) is 62.3 Å². The van der Waals surface area contributed by atoms with E-state index < -0.39 is 34.6 Å². The van der Waals surface area contributed by atoms with Gasteiger partial charge in [0.25, 0.3) is 11.8 Å². The summed E-state index contributed by atoms with van der Waals surface area (Å²) in [6.45, 7) is 1.25. The first kappa shape index (κ1) is 26.2. The van der Waals surface area contributed by atoms with E-state index in [4.69, 9.17) is 10.5 Å². The quantitative estimate of drug-likeness (QED) is 0.386.